The van der Waals surface area contributed by atoms with Crippen LogP contribution < -0.4 is 0 Å². The van der Waals surface area contributed by atoms with Crippen LogP contribution in [0.3, 0.4) is 0 Å². The molecule has 0 aliphatic heterocycles. The Morgan fingerprint density at radius 3 is 1.78 bits per heavy atom. The summed E-state index contributed by atoms with van der Waals surface area (Å²) in [6.07, 6.45) is 13.4. The van der Waals surface area contributed by atoms with E-state index in [2.05, 4.69) is 38.1 Å². The molecule has 1 N–H and O–H groups in total. The largest absolute Gasteiger partial charge is 0.217 e. The third-order valence-corrected chi connectivity index (χ3v) is 4.84. The smallest absolute Gasteiger partial charge is 0.134 e. The van der Waals surface area contributed by atoms with Crippen molar-refractivity contribution in [3.05, 3.63) is 35.9 Å². The van der Waals surface area contributed by atoms with Gasteiger partial charge in [-0.1, -0.05) is 88.6 Å². The first-order valence-electron chi connectivity index (χ1n) is 9.83. The molecule has 2 nitrogen and oxygen atoms in total. The van der Waals surface area contributed by atoms with Gasteiger partial charge in [0.15, 0.2) is 0 Å². The van der Waals surface area contributed by atoms with E-state index in [0.29, 0.717) is 0 Å². The number of hydrogen-bond donors (Lipinski definition) is 1. The Labute approximate surface area is 144 Å². The standard InChI is InChI=1S/C21H38NO/c1-3-5-6-7-8-9-10-11-12-16-19-22(23,4-2)20-21-17-14-13-15-18-21/h13-15,17-18,23H,3-12,16,19-20H2,1-2H3/q+1. The predicted octanol–water partition coefficient (Wildman–Crippen LogP) is 6.33. The summed E-state index contributed by atoms with van der Waals surface area (Å²) in [7, 11) is 0. The van der Waals surface area contributed by atoms with Crippen LogP contribution >= 0.6 is 0 Å². The van der Waals surface area contributed by atoms with Crippen molar-refractivity contribution < 1.29 is 9.85 Å². The van der Waals surface area contributed by atoms with Crippen LogP contribution in [0.1, 0.15) is 83.6 Å². The van der Waals surface area contributed by atoms with Crippen LogP contribution in [0, 0.1) is 0 Å². The molecule has 0 aliphatic carbocycles. The summed E-state index contributed by atoms with van der Waals surface area (Å²) < 4.78 is 0.182. The van der Waals surface area contributed by atoms with E-state index in [4.69, 9.17) is 0 Å². The van der Waals surface area contributed by atoms with Crippen LogP contribution in [0.4, 0.5) is 0 Å². The molecular formula is C21H38NO+. The molecule has 1 unspecified atom stereocenters. The molecule has 2 heteroatoms. The lowest BCUT2D eigenvalue weighted by Gasteiger charge is -2.29. The third kappa shape index (κ3) is 9.78. The fourth-order valence-electron chi connectivity index (χ4n) is 3.17. The normalized spacial score (nSPS) is 13.9. The summed E-state index contributed by atoms with van der Waals surface area (Å²) in [4.78, 5) is 0. The summed E-state index contributed by atoms with van der Waals surface area (Å²) in [6.45, 7) is 6.75. The number of rotatable bonds is 14. The molecule has 0 heterocycles. The highest BCUT2D eigenvalue weighted by Gasteiger charge is 2.22. The fraction of sp³-hybridized carbons (Fsp3) is 0.714. The summed E-state index contributed by atoms with van der Waals surface area (Å²) >= 11 is 0. The topological polar surface area (TPSA) is 20.2 Å². The van der Waals surface area contributed by atoms with Crippen LogP contribution in [-0.2, 0) is 6.54 Å². The lowest BCUT2D eigenvalue weighted by molar-refractivity contribution is -1.11. The number of quaternary nitrogens is 1. The molecule has 0 bridgehead atoms. The van der Waals surface area contributed by atoms with Crippen LogP contribution in [0.25, 0.3) is 0 Å². The van der Waals surface area contributed by atoms with Crippen LogP contribution in [-0.4, -0.2) is 22.9 Å². The second-order valence-electron chi connectivity index (χ2n) is 6.96. The maximum absolute atomic E-state index is 10.7. The minimum absolute atomic E-state index is 0.182. The summed E-state index contributed by atoms with van der Waals surface area (Å²) in [6, 6.07) is 10.4. The van der Waals surface area contributed by atoms with E-state index in [1.165, 1.54) is 63.4 Å². The number of hydroxylamine groups is 3. The molecule has 1 aromatic carbocycles. The van der Waals surface area contributed by atoms with Gasteiger partial charge in [-0.2, -0.15) is 4.65 Å². The maximum Gasteiger partial charge on any atom is 0.134 e. The Bertz CT molecular complexity index is 379. The summed E-state index contributed by atoms with van der Waals surface area (Å²) in [5, 5.41) is 10.7. The molecule has 1 rings (SSSR count). The maximum atomic E-state index is 10.7. The molecule has 1 atom stereocenters. The van der Waals surface area contributed by atoms with E-state index in [9.17, 15) is 5.21 Å². The molecular weight excluding hydrogens is 282 g/mol. The lowest BCUT2D eigenvalue weighted by Crippen LogP contribution is -2.44. The van der Waals surface area contributed by atoms with Gasteiger partial charge in [0.05, 0.1) is 0 Å². The van der Waals surface area contributed by atoms with Crippen molar-refractivity contribution in [3.8, 4) is 0 Å². The zero-order chi connectivity index (χ0) is 16.8. The first-order chi connectivity index (χ1) is 11.2. The molecule has 0 saturated heterocycles. The van der Waals surface area contributed by atoms with Gasteiger partial charge in [-0.3, -0.25) is 0 Å². The Morgan fingerprint density at radius 2 is 1.26 bits per heavy atom. The van der Waals surface area contributed by atoms with E-state index >= 15 is 0 Å². The van der Waals surface area contributed by atoms with Crippen molar-refractivity contribution in [2.75, 3.05) is 13.1 Å². The molecule has 0 radical (unpaired) electrons. The molecule has 0 amide bonds. The molecule has 0 aliphatic rings. The zero-order valence-electron chi connectivity index (χ0n) is 15.5. The quantitative estimate of drug-likeness (QED) is 0.241. The van der Waals surface area contributed by atoms with E-state index in [0.717, 1.165) is 26.1 Å². The van der Waals surface area contributed by atoms with Crippen molar-refractivity contribution in [2.24, 2.45) is 0 Å². The second kappa shape index (κ2) is 12.5. The van der Waals surface area contributed by atoms with Gasteiger partial charge in [0.1, 0.15) is 19.6 Å². The van der Waals surface area contributed by atoms with Gasteiger partial charge in [-0.05, 0) is 19.8 Å². The number of nitrogens with zero attached hydrogens (tertiary/aromatic N) is 1. The highest BCUT2D eigenvalue weighted by molar-refractivity contribution is 5.13. The number of benzene rings is 1. The predicted molar refractivity (Wildman–Crippen MR) is 99.4 cm³/mol. The van der Waals surface area contributed by atoms with Crippen molar-refractivity contribution in [2.45, 2.75) is 84.6 Å². The minimum atomic E-state index is 0.182. The zero-order valence-corrected chi connectivity index (χ0v) is 15.5. The van der Waals surface area contributed by atoms with Crippen LogP contribution in [0.2, 0.25) is 0 Å². The Morgan fingerprint density at radius 1 is 0.739 bits per heavy atom. The molecule has 0 fully saturated rings. The van der Waals surface area contributed by atoms with E-state index in [1.807, 2.05) is 6.07 Å². The van der Waals surface area contributed by atoms with Gasteiger partial charge in [0, 0.05) is 5.56 Å². The second-order valence-corrected chi connectivity index (χ2v) is 6.96. The molecule has 23 heavy (non-hydrogen) atoms. The Balaban J connectivity index is 2.08. The molecule has 0 saturated carbocycles. The molecule has 132 valence electrons. The molecule has 0 aromatic heterocycles. The van der Waals surface area contributed by atoms with Gasteiger partial charge >= 0.3 is 0 Å². The first kappa shape index (κ1) is 20.2. The Kier molecular flexibility index (Phi) is 11.0. The van der Waals surface area contributed by atoms with Gasteiger partial charge < -0.3 is 0 Å². The lowest BCUT2D eigenvalue weighted by atomic mass is 10.1. The summed E-state index contributed by atoms with van der Waals surface area (Å²) in [5.74, 6) is 0. The van der Waals surface area contributed by atoms with Crippen molar-refractivity contribution in [1.82, 2.24) is 0 Å². The molecule has 0 spiro atoms. The highest BCUT2D eigenvalue weighted by atomic mass is 16.5. The van der Waals surface area contributed by atoms with Gasteiger partial charge in [0.2, 0.25) is 0 Å². The fourth-order valence-corrected chi connectivity index (χ4v) is 3.17. The SMILES string of the molecule is CCCCCCCCCCCC[N+](O)(CC)Cc1ccccc1. The van der Waals surface area contributed by atoms with Crippen molar-refractivity contribution in [1.29, 1.82) is 0 Å². The van der Waals surface area contributed by atoms with Gasteiger partial charge in [-0.25, -0.2) is 5.21 Å². The van der Waals surface area contributed by atoms with Gasteiger partial charge in [0.25, 0.3) is 0 Å². The first-order valence-corrected chi connectivity index (χ1v) is 9.83. The van der Waals surface area contributed by atoms with Crippen molar-refractivity contribution in [3.63, 3.8) is 0 Å². The number of unbranched alkanes of at least 4 members (excludes halogenated alkanes) is 9. The Hall–Kier alpha value is -0.860. The average molecular weight is 321 g/mol. The van der Waals surface area contributed by atoms with E-state index in [1.54, 1.807) is 0 Å². The third-order valence-electron chi connectivity index (χ3n) is 4.84. The monoisotopic (exact) mass is 320 g/mol. The van der Waals surface area contributed by atoms with Crippen LogP contribution in [0.15, 0.2) is 30.3 Å². The number of hydrogen-bond acceptors (Lipinski definition) is 1. The van der Waals surface area contributed by atoms with Gasteiger partial charge in [-0.15, -0.1) is 0 Å². The minimum Gasteiger partial charge on any atom is -0.217 e. The average Bonchev–Trinajstić information content (AvgIpc) is 2.57. The van der Waals surface area contributed by atoms with Crippen molar-refractivity contribution >= 4 is 0 Å². The van der Waals surface area contributed by atoms with E-state index in [-0.39, 0.29) is 4.65 Å². The molecule has 1 aromatic rings. The van der Waals surface area contributed by atoms with Crippen LogP contribution in [0.5, 0.6) is 0 Å². The highest BCUT2D eigenvalue weighted by Crippen LogP contribution is 2.15. The summed E-state index contributed by atoms with van der Waals surface area (Å²) in [5.41, 5.74) is 1.23. The van der Waals surface area contributed by atoms with E-state index < -0.39 is 0 Å².